The third-order valence-electron chi connectivity index (χ3n) is 1.39. The standard InChI is InChI=1S/C8H9F3N2/c1-6-2-3-12-7(4-6)13-5-8(9,10)11/h2-4H,5H2,1H3,(H,12,13). The number of hydrogen-bond acceptors (Lipinski definition) is 2. The van der Waals surface area contributed by atoms with Crippen molar-refractivity contribution in [3.05, 3.63) is 23.9 Å². The van der Waals surface area contributed by atoms with Gasteiger partial charge in [-0.05, 0) is 24.6 Å². The maximum absolute atomic E-state index is 11.8. The highest BCUT2D eigenvalue weighted by Crippen LogP contribution is 2.15. The van der Waals surface area contributed by atoms with Gasteiger partial charge in [-0.25, -0.2) is 4.98 Å². The molecule has 1 N–H and O–H groups in total. The molecule has 0 fully saturated rings. The van der Waals surface area contributed by atoms with Crippen molar-refractivity contribution < 1.29 is 13.2 Å². The van der Waals surface area contributed by atoms with Gasteiger partial charge in [0.05, 0.1) is 0 Å². The number of hydrogen-bond donors (Lipinski definition) is 1. The van der Waals surface area contributed by atoms with Crippen LogP contribution >= 0.6 is 0 Å². The molecule has 0 unspecified atom stereocenters. The average Bonchev–Trinajstić information content (AvgIpc) is 2.00. The van der Waals surface area contributed by atoms with Crippen LogP contribution in [0, 0.1) is 6.92 Å². The Morgan fingerprint density at radius 2 is 2.15 bits per heavy atom. The summed E-state index contributed by atoms with van der Waals surface area (Å²) >= 11 is 0. The van der Waals surface area contributed by atoms with Gasteiger partial charge >= 0.3 is 6.18 Å². The van der Waals surface area contributed by atoms with Gasteiger partial charge in [0.1, 0.15) is 12.4 Å². The Balaban J connectivity index is 2.55. The van der Waals surface area contributed by atoms with Gasteiger partial charge in [0.25, 0.3) is 0 Å². The van der Waals surface area contributed by atoms with Gasteiger partial charge in [-0.15, -0.1) is 0 Å². The SMILES string of the molecule is Cc1ccnc(NCC(F)(F)F)c1. The molecule has 0 spiro atoms. The first-order valence-corrected chi connectivity index (χ1v) is 3.71. The molecule has 0 aliphatic heterocycles. The topological polar surface area (TPSA) is 24.9 Å². The molecule has 0 aliphatic rings. The molecule has 0 saturated heterocycles. The Kier molecular flexibility index (Phi) is 2.75. The summed E-state index contributed by atoms with van der Waals surface area (Å²) in [5.74, 6) is 0.248. The highest BCUT2D eigenvalue weighted by Gasteiger charge is 2.26. The number of alkyl halides is 3. The number of anilines is 1. The molecule has 1 heterocycles. The number of nitrogens with one attached hydrogen (secondary N) is 1. The molecule has 0 bridgehead atoms. The molecule has 0 saturated carbocycles. The van der Waals surface area contributed by atoms with Crippen LogP contribution in [0.2, 0.25) is 0 Å². The van der Waals surface area contributed by atoms with Gasteiger partial charge in [-0.3, -0.25) is 0 Å². The monoisotopic (exact) mass is 190 g/mol. The number of pyridine rings is 1. The molecule has 1 aromatic heterocycles. The predicted molar refractivity (Wildman–Crippen MR) is 43.5 cm³/mol. The molecule has 0 atom stereocenters. The number of halogens is 3. The van der Waals surface area contributed by atoms with E-state index in [0.717, 1.165) is 5.56 Å². The molecule has 72 valence electrons. The molecule has 13 heavy (non-hydrogen) atoms. The minimum atomic E-state index is -4.20. The number of aromatic nitrogens is 1. The van der Waals surface area contributed by atoms with E-state index < -0.39 is 12.7 Å². The molecule has 1 aromatic rings. The van der Waals surface area contributed by atoms with Crippen molar-refractivity contribution in [1.29, 1.82) is 0 Å². The molecule has 0 radical (unpaired) electrons. The van der Waals surface area contributed by atoms with E-state index in [1.54, 1.807) is 19.1 Å². The third kappa shape index (κ3) is 3.78. The molecule has 5 heteroatoms. The Morgan fingerprint density at radius 1 is 1.46 bits per heavy atom. The van der Waals surface area contributed by atoms with Gasteiger partial charge in [0, 0.05) is 6.20 Å². The van der Waals surface area contributed by atoms with Crippen LogP contribution in [0.1, 0.15) is 5.56 Å². The van der Waals surface area contributed by atoms with E-state index in [-0.39, 0.29) is 5.82 Å². The van der Waals surface area contributed by atoms with Crippen LogP contribution in [0.4, 0.5) is 19.0 Å². The van der Waals surface area contributed by atoms with E-state index in [9.17, 15) is 13.2 Å². The van der Waals surface area contributed by atoms with E-state index >= 15 is 0 Å². The van der Waals surface area contributed by atoms with Crippen molar-refractivity contribution in [2.45, 2.75) is 13.1 Å². The molecule has 0 aliphatic carbocycles. The normalized spacial score (nSPS) is 11.4. The minimum absolute atomic E-state index is 0.248. The zero-order chi connectivity index (χ0) is 9.90. The first kappa shape index (κ1) is 9.83. The van der Waals surface area contributed by atoms with E-state index in [4.69, 9.17) is 0 Å². The van der Waals surface area contributed by atoms with Gasteiger partial charge in [0.2, 0.25) is 0 Å². The fourth-order valence-corrected chi connectivity index (χ4v) is 0.824. The largest absolute Gasteiger partial charge is 0.405 e. The van der Waals surface area contributed by atoms with Crippen LogP contribution in [0.25, 0.3) is 0 Å². The van der Waals surface area contributed by atoms with E-state index in [2.05, 4.69) is 10.3 Å². The summed E-state index contributed by atoms with van der Waals surface area (Å²) in [5, 5.41) is 2.19. The van der Waals surface area contributed by atoms with Gasteiger partial charge in [0.15, 0.2) is 0 Å². The third-order valence-corrected chi connectivity index (χ3v) is 1.39. The number of rotatable bonds is 2. The summed E-state index contributed by atoms with van der Waals surface area (Å²) in [7, 11) is 0. The van der Waals surface area contributed by atoms with Crippen molar-refractivity contribution >= 4 is 5.82 Å². The highest BCUT2D eigenvalue weighted by molar-refractivity contribution is 5.36. The summed E-state index contributed by atoms with van der Waals surface area (Å²) in [5.41, 5.74) is 0.875. The second kappa shape index (κ2) is 3.64. The Hall–Kier alpha value is -1.26. The molecule has 1 rings (SSSR count). The summed E-state index contributed by atoms with van der Waals surface area (Å²) in [6.07, 6.45) is -2.74. The quantitative estimate of drug-likeness (QED) is 0.774. The van der Waals surface area contributed by atoms with Crippen molar-refractivity contribution in [3.8, 4) is 0 Å². The summed E-state index contributed by atoms with van der Waals surface area (Å²) < 4.78 is 35.3. The molecular formula is C8H9F3N2. The second-order valence-electron chi connectivity index (χ2n) is 2.69. The Morgan fingerprint density at radius 3 is 2.69 bits per heavy atom. The Bertz CT molecular complexity index is 283. The average molecular weight is 190 g/mol. The van der Waals surface area contributed by atoms with Gasteiger partial charge in [-0.1, -0.05) is 0 Å². The van der Waals surface area contributed by atoms with Crippen LogP contribution in [-0.4, -0.2) is 17.7 Å². The van der Waals surface area contributed by atoms with Crippen LogP contribution in [-0.2, 0) is 0 Å². The lowest BCUT2D eigenvalue weighted by Gasteiger charge is -2.08. The first-order chi connectivity index (χ1) is 5.97. The van der Waals surface area contributed by atoms with Crippen molar-refractivity contribution in [3.63, 3.8) is 0 Å². The lowest BCUT2D eigenvalue weighted by molar-refractivity contribution is -0.115. The molecule has 2 nitrogen and oxygen atoms in total. The van der Waals surface area contributed by atoms with Crippen molar-refractivity contribution in [1.82, 2.24) is 4.98 Å². The summed E-state index contributed by atoms with van der Waals surface area (Å²) in [6, 6.07) is 3.28. The van der Waals surface area contributed by atoms with E-state index in [0.29, 0.717) is 0 Å². The molecule has 0 aromatic carbocycles. The minimum Gasteiger partial charge on any atom is -0.361 e. The van der Waals surface area contributed by atoms with Gasteiger partial charge < -0.3 is 5.32 Å². The fraction of sp³-hybridized carbons (Fsp3) is 0.375. The van der Waals surface area contributed by atoms with Crippen molar-refractivity contribution in [2.75, 3.05) is 11.9 Å². The predicted octanol–water partition coefficient (Wildman–Crippen LogP) is 2.36. The van der Waals surface area contributed by atoms with Crippen LogP contribution in [0.5, 0.6) is 0 Å². The van der Waals surface area contributed by atoms with Crippen LogP contribution in [0.15, 0.2) is 18.3 Å². The summed E-state index contributed by atoms with van der Waals surface area (Å²) in [4.78, 5) is 3.73. The molecule has 0 amide bonds. The number of aryl methyl sites for hydroxylation is 1. The van der Waals surface area contributed by atoms with Gasteiger partial charge in [-0.2, -0.15) is 13.2 Å². The second-order valence-corrected chi connectivity index (χ2v) is 2.69. The smallest absolute Gasteiger partial charge is 0.361 e. The van der Waals surface area contributed by atoms with Crippen molar-refractivity contribution in [2.24, 2.45) is 0 Å². The fourth-order valence-electron chi connectivity index (χ4n) is 0.824. The summed E-state index contributed by atoms with van der Waals surface area (Å²) in [6.45, 7) is 0.740. The first-order valence-electron chi connectivity index (χ1n) is 3.71. The lowest BCUT2D eigenvalue weighted by Crippen LogP contribution is -2.21. The zero-order valence-electron chi connectivity index (χ0n) is 7.02. The van der Waals surface area contributed by atoms with Crippen LogP contribution in [0.3, 0.4) is 0 Å². The van der Waals surface area contributed by atoms with E-state index in [1.807, 2.05) is 0 Å². The highest BCUT2D eigenvalue weighted by atomic mass is 19.4. The number of nitrogens with zero attached hydrogens (tertiary/aromatic N) is 1. The Labute approximate surface area is 73.8 Å². The zero-order valence-corrected chi connectivity index (χ0v) is 7.02. The molecular weight excluding hydrogens is 181 g/mol. The van der Waals surface area contributed by atoms with Crippen LogP contribution < -0.4 is 5.32 Å². The van der Waals surface area contributed by atoms with E-state index in [1.165, 1.54) is 6.20 Å². The lowest BCUT2D eigenvalue weighted by atomic mass is 10.3. The maximum atomic E-state index is 11.8. The maximum Gasteiger partial charge on any atom is 0.405 e.